The molecule has 6 nitrogen and oxygen atoms in total. The van der Waals surface area contributed by atoms with Gasteiger partial charge in [0.1, 0.15) is 0 Å². The summed E-state index contributed by atoms with van der Waals surface area (Å²) in [5, 5.41) is 3.34. The number of halogens is 1. The first-order valence-corrected chi connectivity index (χ1v) is 10.9. The van der Waals surface area contributed by atoms with E-state index >= 15 is 0 Å². The Kier molecular flexibility index (Phi) is 7.92. The van der Waals surface area contributed by atoms with Crippen molar-refractivity contribution in [3.05, 3.63) is 28.8 Å². The second kappa shape index (κ2) is 10.4. The fourth-order valence-corrected chi connectivity index (χ4v) is 4.30. The third-order valence-corrected chi connectivity index (χ3v) is 5.95. The third-order valence-electron chi connectivity index (χ3n) is 5.72. The zero-order valence-electron chi connectivity index (χ0n) is 17.3. The van der Waals surface area contributed by atoms with E-state index in [0.29, 0.717) is 29.5 Å². The lowest BCUT2D eigenvalue weighted by Crippen LogP contribution is -2.47. The average molecular weight is 423 g/mol. The molecule has 3 rings (SSSR count). The molecule has 0 spiro atoms. The van der Waals surface area contributed by atoms with E-state index in [9.17, 15) is 9.59 Å². The Balaban J connectivity index is 1.60. The highest BCUT2D eigenvalue weighted by Crippen LogP contribution is 2.29. The molecule has 160 valence electrons. The number of hydrogen-bond acceptors (Lipinski definition) is 4. The van der Waals surface area contributed by atoms with E-state index in [0.717, 1.165) is 38.7 Å². The highest BCUT2D eigenvalue weighted by molar-refractivity contribution is 6.31. The number of likely N-dealkylation sites (tertiary alicyclic amines) is 1. The molecule has 2 fully saturated rings. The number of benzene rings is 1. The molecule has 1 N–H and O–H groups in total. The second-order valence-corrected chi connectivity index (χ2v) is 8.48. The minimum atomic E-state index is -0.187. The van der Waals surface area contributed by atoms with Crippen LogP contribution in [-0.2, 0) is 14.3 Å². The minimum absolute atomic E-state index is 0.0860. The third kappa shape index (κ3) is 5.93. The fourth-order valence-electron chi connectivity index (χ4n) is 4.13. The van der Waals surface area contributed by atoms with Crippen molar-refractivity contribution in [1.82, 2.24) is 4.90 Å². The maximum atomic E-state index is 13.3. The van der Waals surface area contributed by atoms with Gasteiger partial charge in [-0.3, -0.25) is 9.59 Å². The number of nitrogens with one attached hydrogen (secondary N) is 1. The van der Waals surface area contributed by atoms with Crippen LogP contribution < -0.4 is 5.32 Å². The van der Waals surface area contributed by atoms with Crippen molar-refractivity contribution in [2.45, 2.75) is 70.6 Å². The molecule has 2 amide bonds. The van der Waals surface area contributed by atoms with Crippen LogP contribution in [0.15, 0.2) is 18.2 Å². The topological polar surface area (TPSA) is 67.9 Å². The van der Waals surface area contributed by atoms with Crippen LogP contribution in [0.5, 0.6) is 0 Å². The number of carbonyl (C=O) groups is 2. The van der Waals surface area contributed by atoms with Crippen molar-refractivity contribution in [2.24, 2.45) is 0 Å². The molecule has 7 heteroatoms. The number of piperidine rings is 1. The predicted octanol–water partition coefficient (Wildman–Crippen LogP) is 4.27. The molecule has 0 aliphatic carbocycles. The number of carbonyl (C=O) groups excluding carboxylic acids is 2. The Labute approximate surface area is 177 Å². The highest BCUT2D eigenvalue weighted by Gasteiger charge is 2.31. The molecule has 0 radical (unpaired) electrons. The number of amides is 2. The van der Waals surface area contributed by atoms with Crippen LogP contribution >= 0.6 is 11.6 Å². The molecular weight excluding hydrogens is 392 g/mol. The van der Waals surface area contributed by atoms with E-state index in [1.54, 1.807) is 18.2 Å². The monoisotopic (exact) mass is 422 g/mol. The lowest BCUT2D eigenvalue weighted by atomic mass is 9.96. The Bertz CT molecular complexity index is 711. The van der Waals surface area contributed by atoms with Crippen LogP contribution in [0.1, 0.15) is 62.7 Å². The molecule has 2 saturated heterocycles. The van der Waals surface area contributed by atoms with E-state index in [4.69, 9.17) is 21.1 Å². The van der Waals surface area contributed by atoms with Gasteiger partial charge in [-0.25, -0.2) is 0 Å². The van der Waals surface area contributed by atoms with Crippen molar-refractivity contribution >= 4 is 29.1 Å². The summed E-state index contributed by atoms with van der Waals surface area (Å²) in [6, 6.07) is 5.35. The van der Waals surface area contributed by atoms with Gasteiger partial charge in [0.2, 0.25) is 5.91 Å². The van der Waals surface area contributed by atoms with Crippen LogP contribution in [0.3, 0.4) is 0 Å². The van der Waals surface area contributed by atoms with E-state index in [2.05, 4.69) is 19.2 Å². The maximum absolute atomic E-state index is 13.3. The van der Waals surface area contributed by atoms with Gasteiger partial charge in [-0.2, -0.15) is 0 Å². The van der Waals surface area contributed by atoms with Gasteiger partial charge < -0.3 is 19.7 Å². The van der Waals surface area contributed by atoms with E-state index < -0.39 is 0 Å². The highest BCUT2D eigenvalue weighted by atomic mass is 35.5. The second-order valence-electron chi connectivity index (χ2n) is 8.04. The van der Waals surface area contributed by atoms with Crippen molar-refractivity contribution in [2.75, 3.05) is 25.1 Å². The summed E-state index contributed by atoms with van der Waals surface area (Å²) in [7, 11) is 0. The summed E-state index contributed by atoms with van der Waals surface area (Å²) in [6.07, 6.45) is 5.54. The summed E-state index contributed by atoms with van der Waals surface area (Å²) in [5.41, 5.74) is 0.931. The van der Waals surface area contributed by atoms with Crippen molar-refractivity contribution in [3.8, 4) is 0 Å². The van der Waals surface area contributed by atoms with E-state index in [1.807, 2.05) is 4.90 Å². The van der Waals surface area contributed by atoms with E-state index in [1.165, 1.54) is 0 Å². The van der Waals surface area contributed by atoms with Crippen molar-refractivity contribution < 1.29 is 19.1 Å². The molecule has 2 aliphatic heterocycles. The molecule has 3 atom stereocenters. The maximum Gasteiger partial charge on any atom is 0.256 e. The predicted molar refractivity (Wildman–Crippen MR) is 113 cm³/mol. The molecule has 1 aromatic rings. The lowest BCUT2D eigenvalue weighted by Gasteiger charge is -2.39. The Morgan fingerprint density at radius 1 is 1.21 bits per heavy atom. The molecule has 1 aromatic carbocycles. The SMILES string of the molecule is CC1CCCC(C)N1C(=O)c1cc(Cl)ccc1NC(=O)CCOCC1CCCO1. The quantitative estimate of drug-likeness (QED) is 0.666. The smallest absolute Gasteiger partial charge is 0.256 e. The van der Waals surface area contributed by atoms with Crippen molar-refractivity contribution in [3.63, 3.8) is 0 Å². The largest absolute Gasteiger partial charge is 0.378 e. The number of hydrogen-bond donors (Lipinski definition) is 1. The van der Waals surface area contributed by atoms with Crippen LogP contribution in [0.4, 0.5) is 5.69 Å². The zero-order valence-corrected chi connectivity index (χ0v) is 18.0. The van der Waals surface area contributed by atoms with Crippen molar-refractivity contribution in [1.29, 1.82) is 0 Å². The first kappa shape index (κ1) is 22.1. The Morgan fingerprint density at radius 2 is 1.97 bits per heavy atom. The van der Waals surface area contributed by atoms with Gasteiger partial charge in [0.05, 0.1) is 37.0 Å². The first-order chi connectivity index (χ1) is 14.0. The Hall–Kier alpha value is -1.63. The molecule has 0 aromatic heterocycles. The van der Waals surface area contributed by atoms with Gasteiger partial charge >= 0.3 is 0 Å². The summed E-state index contributed by atoms with van der Waals surface area (Å²) in [5.74, 6) is -0.273. The summed E-state index contributed by atoms with van der Waals surface area (Å²) < 4.78 is 11.1. The van der Waals surface area contributed by atoms with Crippen LogP contribution in [0.2, 0.25) is 5.02 Å². The van der Waals surface area contributed by atoms with Crippen LogP contribution in [0.25, 0.3) is 0 Å². The molecule has 3 unspecified atom stereocenters. The number of nitrogens with zero attached hydrogens (tertiary/aromatic N) is 1. The van der Waals surface area contributed by atoms with Gasteiger partial charge in [-0.15, -0.1) is 0 Å². The molecule has 2 aliphatic rings. The van der Waals surface area contributed by atoms with Gasteiger partial charge in [0, 0.05) is 23.7 Å². The van der Waals surface area contributed by atoms with E-state index in [-0.39, 0.29) is 36.4 Å². The summed E-state index contributed by atoms with van der Waals surface area (Å²) >= 11 is 6.16. The minimum Gasteiger partial charge on any atom is -0.378 e. The molecular formula is C22H31ClN2O4. The normalized spacial score (nSPS) is 24.5. The average Bonchev–Trinajstić information content (AvgIpc) is 3.20. The molecule has 0 bridgehead atoms. The zero-order chi connectivity index (χ0) is 20.8. The van der Waals surface area contributed by atoms with Gasteiger partial charge in [-0.1, -0.05) is 11.6 Å². The molecule has 29 heavy (non-hydrogen) atoms. The van der Waals surface area contributed by atoms with Gasteiger partial charge in [0.25, 0.3) is 5.91 Å². The van der Waals surface area contributed by atoms with Crippen LogP contribution in [-0.4, -0.2) is 54.7 Å². The van der Waals surface area contributed by atoms with Gasteiger partial charge in [-0.05, 0) is 64.2 Å². The first-order valence-electron chi connectivity index (χ1n) is 10.6. The van der Waals surface area contributed by atoms with Crippen LogP contribution in [0, 0.1) is 0 Å². The number of ether oxygens (including phenoxy) is 2. The summed E-state index contributed by atoms with van der Waals surface area (Å²) in [6.45, 7) is 5.77. The molecule has 2 heterocycles. The number of rotatable bonds is 7. The lowest BCUT2D eigenvalue weighted by molar-refractivity contribution is -0.117. The number of anilines is 1. The Morgan fingerprint density at radius 3 is 2.66 bits per heavy atom. The van der Waals surface area contributed by atoms with Gasteiger partial charge in [0.15, 0.2) is 0 Å². The standard InChI is InChI=1S/C22H31ClN2O4/c1-15-5-3-6-16(2)25(15)22(27)19-13-17(23)8-9-20(19)24-21(26)10-12-28-14-18-7-4-11-29-18/h8-9,13,15-16,18H,3-7,10-12,14H2,1-2H3,(H,24,26). The molecule has 0 saturated carbocycles. The summed E-state index contributed by atoms with van der Waals surface area (Å²) in [4.78, 5) is 27.6. The fraction of sp³-hybridized carbons (Fsp3) is 0.636.